The molecule has 5 heteroatoms. The minimum atomic E-state index is -0.183. The first-order chi connectivity index (χ1) is 13.6. The molecule has 3 atom stereocenters. The molecule has 1 amide bonds. The van der Waals surface area contributed by atoms with E-state index in [1.54, 1.807) is 24.5 Å². The van der Waals surface area contributed by atoms with Crippen molar-refractivity contribution in [2.45, 2.75) is 19.4 Å². The Bertz CT molecular complexity index is 825. The van der Waals surface area contributed by atoms with E-state index in [1.807, 2.05) is 24.3 Å². The summed E-state index contributed by atoms with van der Waals surface area (Å²) in [4.78, 5) is 18.5. The number of aromatic nitrogens is 1. The average Bonchev–Trinajstić information content (AvgIpc) is 3.16. The fraction of sp³-hybridized carbons (Fsp3) is 0.391. The second-order valence-corrected chi connectivity index (χ2v) is 7.87. The third-order valence-electron chi connectivity index (χ3n) is 6.19. The highest BCUT2D eigenvalue weighted by Gasteiger charge is 2.55. The van der Waals surface area contributed by atoms with Crippen LogP contribution in [0.1, 0.15) is 30.5 Å². The minimum Gasteiger partial charge on any atom is -0.353 e. The van der Waals surface area contributed by atoms with Gasteiger partial charge in [-0.25, -0.2) is 4.39 Å². The number of fused-ring (bicyclic) bond motifs is 1. The Kier molecular flexibility index (Phi) is 5.53. The monoisotopic (exact) mass is 379 g/mol. The Morgan fingerprint density at radius 2 is 2.04 bits per heavy atom. The summed E-state index contributed by atoms with van der Waals surface area (Å²) in [5.74, 6) is 1.97. The van der Waals surface area contributed by atoms with E-state index in [0.29, 0.717) is 6.04 Å². The standard InChI is InChI=1S/C23H26FN3O/c1-16(18-5-7-19(24)8-6-18)27-14-21-20(22(21)15-27)10-12-26-23(28)9-4-17-3-2-11-25-13-17/h2-9,11,13,16,20-22H,10,12,14-15H2,1H3,(H,26,28)/b9-4+. The number of carbonyl (C=O) groups is 1. The maximum Gasteiger partial charge on any atom is 0.244 e. The van der Waals surface area contributed by atoms with Gasteiger partial charge in [-0.05, 0) is 66.5 Å². The summed E-state index contributed by atoms with van der Waals surface area (Å²) in [7, 11) is 0. The molecule has 1 aromatic carbocycles. The highest BCUT2D eigenvalue weighted by Crippen LogP contribution is 2.54. The van der Waals surface area contributed by atoms with E-state index in [-0.39, 0.29) is 11.7 Å². The number of hydrogen-bond donors (Lipinski definition) is 1. The molecule has 0 spiro atoms. The largest absolute Gasteiger partial charge is 0.353 e. The summed E-state index contributed by atoms with van der Waals surface area (Å²) in [5.41, 5.74) is 2.09. The van der Waals surface area contributed by atoms with E-state index < -0.39 is 0 Å². The second-order valence-electron chi connectivity index (χ2n) is 7.87. The van der Waals surface area contributed by atoms with Crippen molar-refractivity contribution in [1.82, 2.24) is 15.2 Å². The van der Waals surface area contributed by atoms with Crippen LogP contribution in [-0.2, 0) is 4.79 Å². The van der Waals surface area contributed by atoms with Crippen LogP contribution < -0.4 is 5.32 Å². The van der Waals surface area contributed by atoms with Crippen LogP contribution in [-0.4, -0.2) is 35.4 Å². The Balaban J connectivity index is 1.17. The van der Waals surface area contributed by atoms with Crippen molar-refractivity contribution in [2.75, 3.05) is 19.6 Å². The van der Waals surface area contributed by atoms with Crippen molar-refractivity contribution in [2.24, 2.45) is 17.8 Å². The summed E-state index contributed by atoms with van der Waals surface area (Å²) in [6.07, 6.45) is 7.83. The lowest BCUT2D eigenvalue weighted by Crippen LogP contribution is -2.29. The van der Waals surface area contributed by atoms with Gasteiger partial charge in [0.1, 0.15) is 5.82 Å². The zero-order valence-corrected chi connectivity index (χ0v) is 16.1. The molecule has 1 aliphatic heterocycles. The van der Waals surface area contributed by atoms with Gasteiger partial charge in [0.2, 0.25) is 5.91 Å². The number of carbonyl (C=O) groups excluding carboxylic acids is 1. The van der Waals surface area contributed by atoms with Crippen LogP contribution in [0.4, 0.5) is 4.39 Å². The molecule has 4 rings (SSSR count). The molecule has 0 bridgehead atoms. The van der Waals surface area contributed by atoms with Crippen LogP contribution in [0, 0.1) is 23.6 Å². The maximum atomic E-state index is 13.1. The Labute approximate surface area is 165 Å². The van der Waals surface area contributed by atoms with E-state index in [9.17, 15) is 9.18 Å². The first-order valence-electron chi connectivity index (χ1n) is 9.97. The molecule has 2 aliphatic rings. The van der Waals surface area contributed by atoms with Gasteiger partial charge in [-0.15, -0.1) is 0 Å². The molecule has 1 aromatic heterocycles. The number of likely N-dealkylation sites (tertiary alicyclic amines) is 1. The summed E-state index contributed by atoms with van der Waals surface area (Å²) >= 11 is 0. The van der Waals surface area contributed by atoms with Gasteiger partial charge in [0.15, 0.2) is 0 Å². The van der Waals surface area contributed by atoms with E-state index in [1.165, 1.54) is 17.7 Å². The normalized spacial score (nSPS) is 24.9. The molecular formula is C23H26FN3O. The molecule has 3 unspecified atom stereocenters. The first kappa shape index (κ1) is 18.8. The minimum absolute atomic E-state index is 0.0544. The average molecular weight is 379 g/mol. The predicted molar refractivity (Wildman–Crippen MR) is 108 cm³/mol. The van der Waals surface area contributed by atoms with Crippen LogP contribution >= 0.6 is 0 Å². The maximum absolute atomic E-state index is 13.1. The third-order valence-corrected chi connectivity index (χ3v) is 6.19. The van der Waals surface area contributed by atoms with Gasteiger partial charge in [0.25, 0.3) is 0 Å². The summed E-state index contributed by atoms with van der Waals surface area (Å²) in [6, 6.07) is 10.9. The quantitative estimate of drug-likeness (QED) is 0.747. The van der Waals surface area contributed by atoms with Crippen LogP contribution in [0.5, 0.6) is 0 Å². The van der Waals surface area contributed by atoms with E-state index in [4.69, 9.17) is 0 Å². The molecule has 2 aromatic rings. The Morgan fingerprint density at radius 1 is 1.29 bits per heavy atom. The van der Waals surface area contributed by atoms with E-state index >= 15 is 0 Å². The molecular weight excluding hydrogens is 353 g/mol. The van der Waals surface area contributed by atoms with Crippen LogP contribution in [0.15, 0.2) is 54.9 Å². The third kappa shape index (κ3) is 4.30. The molecule has 2 fully saturated rings. The molecule has 146 valence electrons. The number of benzene rings is 1. The van der Waals surface area contributed by atoms with Crippen molar-refractivity contribution >= 4 is 12.0 Å². The number of nitrogens with one attached hydrogen (secondary N) is 1. The zero-order chi connectivity index (χ0) is 19.5. The molecule has 1 saturated heterocycles. The number of rotatable bonds is 7. The fourth-order valence-corrected chi connectivity index (χ4v) is 4.45. The molecule has 1 aliphatic carbocycles. The van der Waals surface area contributed by atoms with Gasteiger partial charge < -0.3 is 5.32 Å². The summed E-state index contributed by atoms with van der Waals surface area (Å²) in [6.45, 7) is 5.12. The van der Waals surface area contributed by atoms with Gasteiger partial charge in [0.05, 0.1) is 0 Å². The molecule has 0 radical (unpaired) electrons. The van der Waals surface area contributed by atoms with Crippen molar-refractivity contribution < 1.29 is 9.18 Å². The van der Waals surface area contributed by atoms with Crippen molar-refractivity contribution in [1.29, 1.82) is 0 Å². The second kappa shape index (κ2) is 8.23. The van der Waals surface area contributed by atoms with Crippen molar-refractivity contribution in [3.8, 4) is 0 Å². The SMILES string of the molecule is CC(c1ccc(F)cc1)N1CC2C(CCNC(=O)/C=C/c3cccnc3)C2C1. The smallest absolute Gasteiger partial charge is 0.244 e. The van der Waals surface area contributed by atoms with E-state index in [0.717, 1.165) is 49.4 Å². The lowest BCUT2D eigenvalue weighted by Gasteiger charge is -2.27. The number of amides is 1. The number of piperidine rings is 1. The van der Waals surface area contributed by atoms with Gasteiger partial charge in [-0.3, -0.25) is 14.7 Å². The number of halogens is 1. The number of nitrogens with zero attached hydrogens (tertiary/aromatic N) is 2. The molecule has 1 saturated carbocycles. The van der Waals surface area contributed by atoms with Crippen LogP contribution in [0.25, 0.3) is 6.08 Å². The Morgan fingerprint density at radius 3 is 2.71 bits per heavy atom. The molecule has 4 nitrogen and oxygen atoms in total. The molecule has 1 N–H and O–H groups in total. The highest BCUT2D eigenvalue weighted by atomic mass is 19.1. The van der Waals surface area contributed by atoms with Gasteiger partial charge in [0, 0.05) is 44.1 Å². The fourth-order valence-electron chi connectivity index (χ4n) is 4.45. The topological polar surface area (TPSA) is 45.2 Å². The van der Waals surface area contributed by atoms with Gasteiger partial charge >= 0.3 is 0 Å². The van der Waals surface area contributed by atoms with E-state index in [2.05, 4.69) is 22.1 Å². The molecule has 28 heavy (non-hydrogen) atoms. The summed E-state index contributed by atoms with van der Waals surface area (Å²) < 4.78 is 13.1. The van der Waals surface area contributed by atoms with Crippen LogP contribution in [0.3, 0.4) is 0 Å². The highest BCUT2D eigenvalue weighted by molar-refractivity contribution is 5.91. The first-order valence-corrected chi connectivity index (χ1v) is 9.97. The summed E-state index contributed by atoms with van der Waals surface area (Å²) in [5, 5.41) is 2.98. The van der Waals surface area contributed by atoms with Crippen molar-refractivity contribution in [3.63, 3.8) is 0 Å². The molecule has 2 heterocycles. The van der Waals surface area contributed by atoms with Crippen LogP contribution in [0.2, 0.25) is 0 Å². The Hall–Kier alpha value is -2.53. The lowest BCUT2D eigenvalue weighted by molar-refractivity contribution is -0.116. The predicted octanol–water partition coefficient (Wildman–Crippen LogP) is 3.68. The van der Waals surface area contributed by atoms with Gasteiger partial charge in [-0.2, -0.15) is 0 Å². The zero-order valence-electron chi connectivity index (χ0n) is 16.1. The number of pyridine rings is 1. The van der Waals surface area contributed by atoms with Gasteiger partial charge in [-0.1, -0.05) is 18.2 Å². The lowest BCUT2D eigenvalue weighted by atomic mass is 10.1. The number of hydrogen-bond acceptors (Lipinski definition) is 3. The van der Waals surface area contributed by atoms with Crippen molar-refractivity contribution in [3.05, 3.63) is 71.8 Å².